The van der Waals surface area contributed by atoms with Crippen molar-refractivity contribution in [3.63, 3.8) is 0 Å². The Bertz CT molecular complexity index is 940. The van der Waals surface area contributed by atoms with E-state index in [2.05, 4.69) is 5.32 Å². The predicted octanol–water partition coefficient (Wildman–Crippen LogP) is 4.23. The fourth-order valence-corrected chi connectivity index (χ4v) is 4.09. The molecule has 146 valence electrons. The first-order valence-electron chi connectivity index (χ1n) is 8.00. The average molecular weight is 426 g/mol. The maximum absolute atomic E-state index is 13.0. The molecule has 1 aromatic carbocycles. The molecule has 1 aliphatic rings. The third-order valence-electron chi connectivity index (χ3n) is 3.79. The van der Waals surface area contributed by atoms with Crippen molar-refractivity contribution < 1.29 is 27.6 Å². The van der Waals surface area contributed by atoms with Gasteiger partial charge in [-0.15, -0.1) is 11.3 Å². The number of thioether (sulfide) groups is 1. The van der Waals surface area contributed by atoms with Gasteiger partial charge in [-0.3, -0.25) is 19.3 Å². The fourth-order valence-electron chi connectivity index (χ4n) is 2.50. The number of rotatable bonds is 5. The zero-order valence-electron chi connectivity index (χ0n) is 14.2. The molecule has 10 heteroatoms. The van der Waals surface area contributed by atoms with Crippen molar-refractivity contribution in [1.82, 2.24) is 10.2 Å². The van der Waals surface area contributed by atoms with Crippen LogP contribution in [0.15, 0.2) is 46.7 Å². The summed E-state index contributed by atoms with van der Waals surface area (Å²) in [6, 6.07) is 8.03. The summed E-state index contributed by atoms with van der Waals surface area (Å²) < 4.78 is 39.0. The number of carbonyl (C=O) groups excluding carboxylic acids is 3. The molecule has 0 radical (unpaired) electrons. The first kappa shape index (κ1) is 20.2. The summed E-state index contributed by atoms with van der Waals surface area (Å²) in [5.74, 6) is -1.41. The van der Waals surface area contributed by atoms with Gasteiger partial charge in [0.05, 0.1) is 16.0 Å². The monoisotopic (exact) mass is 426 g/mol. The molecule has 2 heterocycles. The van der Waals surface area contributed by atoms with E-state index in [1.807, 2.05) is 11.4 Å². The van der Waals surface area contributed by atoms with Gasteiger partial charge in [0.25, 0.3) is 17.1 Å². The van der Waals surface area contributed by atoms with Crippen LogP contribution in [0.2, 0.25) is 0 Å². The van der Waals surface area contributed by atoms with Crippen LogP contribution < -0.4 is 5.32 Å². The normalized spacial score (nSPS) is 16.1. The van der Waals surface area contributed by atoms with E-state index < -0.39 is 34.4 Å². The van der Waals surface area contributed by atoms with Gasteiger partial charge >= 0.3 is 6.18 Å². The van der Waals surface area contributed by atoms with Crippen LogP contribution in [0.1, 0.15) is 20.8 Å². The molecule has 0 atom stereocenters. The molecule has 1 N–H and O–H groups in total. The minimum absolute atomic E-state index is 0.133. The van der Waals surface area contributed by atoms with Crippen molar-refractivity contribution >= 4 is 46.2 Å². The van der Waals surface area contributed by atoms with Crippen molar-refractivity contribution in [1.29, 1.82) is 0 Å². The van der Waals surface area contributed by atoms with Crippen LogP contribution in [0.3, 0.4) is 0 Å². The molecule has 1 saturated heterocycles. The quantitative estimate of drug-likeness (QED) is 0.727. The molecular weight excluding hydrogens is 413 g/mol. The van der Waals surface area contributed by atoms with Crippen LogP contribution in [0.25, 0.3) is 6.08 Å². The maximum atomic E-state index is 13.0. The average Bonchev–Trinajstić information content (AvgIpc) is 3.24. The van der Waals surface area contributed by atoms with Gasteiger partial charge in [0, 0.05) is 18.0 Å². The standard InChI is InChI=1S/C18H13F3N2O3S2/c19-18(20,21)13-6-2-1-5-12(13)15(24)22-7-8-23-16(25)14(28-17(23)26)10-11-4-3-9-27-11/h1-6,9-10H,7-8H2,(H,22,24)/b14-10+. The lowest BCUT2D eigenvalue weighted by atomic mass is 10.1. The zero-order valence-corrected chi connectivity index (χ0v) is 15.8. The van der Waals surface area contributed by atoms with E-state index >= 15 is 0 Å². The molecule has 2 aromatic rings. The summed E-state index contributed by atoms with van der Waals surface area (Å²) in [7, 11) is 0. The summed E-state index contributed by atoms with van der Waals surface area (Å²) in [5.41, 5.74) is -1.56. The zero-order chi connectivity index (χ0) is 20.3. The highest BCUT2D eigenvalue weighted by atomic mass is 32.2. The van der Waals surface area contributed by atoms with E-state index in [4.69, 9.17) is 0 Å². The highest BCUT2D eigenvalue weighted by Gasteiger charge is 2.36. The fraction of sp³-hybridized carbons (Fsp3) is 0.167. The molecule has 3 rings (SSSR count). The molecule has 1 fully saturated rings. The number of hydrogen-bond donors (Lipinski definition) is 1. The number of amides is 3. The topological polar surface area (TPSA) is 66.5 Å². The van der Waals surface area contributed by atoms with E-state index in [0.29, 0.717) is 0 Å². The summed E-state index contributed by atoms with van der Waals surface area (Å²) in [4.78, 5) is 38.5. The number of carbonyl (C=O) groups is 3. The molecule has 0 spiro atoms. The third-order valence-corrected chi connectivity index (χ3v) is 5.51. The number of benzene rings is 1. The van der Waals surface area contributed by atoms with Gasteiger partial charge in [-0.05, 0) is 41.4 Å². The van der Waals surface area contributed by atoms with E-state index in [1.54, 1.807) is 12.1 Å². The van der Waals surface area contributed by atoms with Crippen molar-refractivity contribution in [3.8, 4) is 0 Å². The van der Waals surface area contributed by atoms with E-state index in [0.717, 1.165) is 33.7 Å². The second-order valence-electron chi connectivity index (χ2n) is 5.65. The number of alkyl halides is 3. The Balaban J connectivity index is 1.62. The molecule has 1 aliphatic heterocycles. The van der Waals surface area contributed by atoms with Gasteiger partial charge in [-0.2, -0.15) is 13.2 Å². The highest BCUT2D eigenvalue weighted by molar-refractivity contribution is 8.18. The smallest absolute Gasteiger partial charge is 0.350 e. The molecule has 5 nitrogen and oxygen atoms in total. The maximum Gasteiger partial charge on any atom is 0.417 e. The van der Waals surface area contributed by atoms with E-state index in [1.165, 1.54) is 23.5 Å². The minimum Gasteiger partial charge on any atom is -0.350 e. The van der Waals surface area contributed by atoms with Crippen molar-refractivity contribution in [2.24, 2.45) is 0 Å². The van der Waals surface area contributed by atoms with Gasteiger partial charge in [0.2, 0.25) is 0 Å². The van der Waals surface area contributed by atoms with Crippen LogP contribution in [0.4, 0.5) is 18.0 Å². The molecule has 28 heavy (non-hydrogen) atoms. The van der Waals surface area contributed by atoms with Gasteiger partial charge in [0.1, 0.15) is 0 Å². The number of hydrogen-bond acceptors (Lipinski definition) is 5. The molecule has 3 amide bonds. The van der Waals surface area contributed by atoms with Crippen molar-refractivity contribution in [2.75, 3.05) is 13.1 Å². The SMILES string of the molecule is O=C(NCCN1C(=O)S/C(=C/c2cccs2)C1=O)c1ccccc1C(F)(F)F. The van der Waals surface area contributed by atoms with Crippen LogP contribution in [0.5, 0.6) is 0 Å². The lowest BCUT2D eigenvalue weighted by molar-refractivity contribution is -0.138. The Labute approximate surface area is 166 Å². The van der Waals surface area contributed by atoms with Crippen molar-refractivity contribution in [3.05, 3.63) is 62.7 Å². The Morgan fingerprint density at radius 2 is 1.89 bits per heavy atom. The summed E-state index contributed by atoms with van der Waals surface area (Å²) in [6.45, 7) is -0.290. The van der Waals surface area contributed by atoms with Crippen molar-refractivity contribution in [2.45, 2.75) is 6.18 Å². The van der Waals surface area contributed by atoms with Gasteiger partial charge < -0.3 is 5.32 Å². The summed E-state index contributed by atoms with van der Waals surface area (Å²) in [5, 5.41) is 3.68. The van der Waals surface area contributed by atoms with Gasteiger partial charge in [0.15, 0.2) is 0 Å². The lowest BCUT2D eigenvalue weighted by Crippen LogP contribution is -2.37. The molecule has 0 saturated carbocycles. The van der Waals surface area contributed by atoms with Crippen LogP contribution >= 0.6 is 23.1 Å². The number of thiophene rings is 1. The Kier molecular flexibility index (Phi) is 5.90. The number of nitrogens with one attached hydrogen (secondary N) is 1. The Morgan fingerprint density at radius 3 is 2.57 bits per heavy atom. The molecule has 0 bridgehead atoms. The molecule has 0 aliphatic carbocycles. The molecule has 1 aromatic heterocycles. The largest absolute Gasteiger partial charge is 0.417 e. The van der Waals surface area contributed by atoms with E-state index in [9.17, 15) is 27.6 Å². The van der Waals surface area contributed by atoms with E-state index in [-0.39, 0.29) is 18.0 Å². The predicted molar refractivity (Wildman–Crippen MR) is 101 cm³/mol. The first-order valence-corrected chi connectivity index (χ1v) is 9.70. The van der Waals surface area contributed by atoms with Crippen LogP contribution in [0, 0.1) is 0 Å². The second kappa shape index (κ2) is 8.19. The molecular formula is C18H13F3N2O3S2. The van der Waals surface area contributed by atoms with Gasteiger partial charge in [-0.1, -0.05) is 18.2 Å². The van der Waals surface area contributed by atoms with Crippen LogP contribution in [-0.4, -0.2) is 35.0 Å². The number of halogens is 3. The molecule has 0 unspecified atom stereocenters. The second-order valence-corrected chi connectivity index (χ2v) is 7.62. The van der Waals surface area contributed by atoms with Gasteiger partial charge in [-0.25, -0.2) is 0 Å². The third kappa shape index (κ3) is 4.45. The summed E-state index contributed by atoms with van der Waals surface area (Å²) >= 11 is 2.20. The Hall–Kier alpha value is -2.59. The highest BCUT2D eigenvalue weighted by Crippen LogP contribution is 2.33. The minimum atomic E-state index is -4.66. The summed E-state index contributed by atoms with van der Waals surface area (Å²) in [6.07, 6.45) is -3.05. The Morgan fingerprint density at radius 1 is 1.14 bits per heavy atom. The van der Waals surface area contributed by atoms with Crippen LogP contribution in [-0.2, 0) is 11.0 Å². The number of imide groups is 1. The first-order chi connectivity index (χ1) is 13.3. The lowest BCUT2D eigenvalue weighted by Gasteiger charge is -2.15. The number of nitrogens with zero attached hydrogens (tertiary/aromatic N) is 1.